The maximum absolute atomic E-state index is 11.9. The summed E-state index contributed by atoms with van der Waals surface area (Å²) in [4.78, 5) is 25.3. The van der Waals surface area contributed by atoms with Crippen LogP contribution in [0.25, 0.3) is 0 Å². The van der Waals surface area contributed by atoms with E-state index in [-0.39, 0.29) is 0 Å². The van der Waals surface area contributed by atoms with Crippen LogP contribution in [-0.2, 0) is 4.79 Å². The summed E-state index contributed by atoms with van der Waals surface area (Å²) >= 11 is 0. The van der Waals surface area contributed by atoms with Crippen molar-refractivity contribution in [2.75, 3.05) is 13.1 Å². The highest BCUT2D eigenvalue weighted by Gasteiger charge is 2.21. The largest absolute Gasteiger partial charge is 0.336 e. The second kappa shape index (κ2) is 5.45. The van der Waals surface area contributed by atoms with Crippen molar-refractivity contribution in [2.24, 2.45) is 0 Å². The molecule has 0 bridgehead atoms. The summed E-state index contributed by atoms with van der Waals surface area (Å²) in [5, 5.41) is 0. The third-order valence-corrected chi connectivity index (χ3v) is 2.63. The Kier molecular flexibility index (Phi) is 4.23. The lowest BCUT2D eigenvalue weighted by atomic mass is 10.0. The number of hydrogen-bond donors (Lipinski definition) is 0. The van der Waals surface area contributed by atoms with Crippen molar-refractivity contribution >= 4 is 11.7 Å². The molecule has 0 saturated carbocycles. The minimum Gasteiger partial charge on any atom is -0.336 e. The Morgan fingerprint density at radius 2 is 1.69 bits per heavy atom. The van der Waals surface area contributed by atoms with Crippen molar-refractivity contribution in [3.8, 4) is 0 Å². The fourth-order valence-corrected chi connectivity index (χ4v) is 1.60. The molecule has 1 rings (SSSR count). The maximum atomic E-state index is 11.9. The second-order valence-electron chi connectivity index (χ2n) is 3.62. The van der Waals surface area contributed by atoms with Gasteiger partial charge in [-0.15, -0.1) is 0 Å². The van der Waals surface area contributed by atoms with E-state index < -0.39 is 11.7 Å². The molecule has 0 spiro atoms. The highest BCUT2D eigenvalue weighted by molar-refractivity contribution is 6.43. The Bertz CT molecular complexity index is 395. The fraction of sp³-hybridized carbons (Fsp3) is 0.385. The molecular formula is C13H17NO2. The van der Waals surface area contributed by atoms with Crippen LogP contribution in [0.1, 0.15) is 29.8 Å². The first-order valence-electron chi connectivity index (χ1n) is 5.51. The van der Waals surface area contributed by atoms with Crippen molar-refractivity contribution in [3.63, 3.8) is 0 Å². The van der Waals surface area contributed by atoms with E-state index in [1.54, 1.807) is 12.1 Å². The number of likely N-dealkylation sites (N-methyl/N-ethyl adjacent to an activating group) is 1. The van der Waals surface area contributed by atoms with Crippen LogP contribution in [0.5, 0.6) is 0 Å². The number of ketones is 1. The van der Waals surface area contributed by atoms with E-state index in [1.165, 1.54) is 4.90 Å². The fourth-order valence-electron chi connectivity index (χ4n) is 1.60. The monoisotopic (exact) mass is 219 g/mol. The zero-order chi connectivity index (χ0) is 12.1. The van der Waals surface area contributed by atoms with Gasteiger partial charge in [0.05, 0.1) is 0 Å². The van der Waals surface area contributed by atoms with Crippen molar-refractivity contribution in [1.29, 1.82) is 0 Å². The zero-order valence-electron chi connectivity index (χ0n) is 9.99. The van der Waals surface area contributed by atoms with Gasteiger partial charge in [0.2, 0.25) is 0 Å². The summed E-state index contributed by atoms with van der Waals surface area (Å²) < 4.78 is 0. The topological polar surface area (TPSA) is 37.4 Å². The molecule has 0 heterocycles. The normalized spacial score (nSPS) is 9.94. The molecule has 3 nitrogen and oxygen atoms in total. The standard InChI is InChI=1S/C13H17NO2/c1-4-14(5-2)13(16)12(15)11-9-7-6-8-10(11)3/h6-9H,4-5H2,1-3H3. The molecular weight excluding hydrogens is 202 g/mol. The smallest absolute Gasteiger partial charge is 0.294 e. The summed E-state index contributed by atoms with van der Waals surface area (Å²) in [6, 6.07) is 7.16. The molecule has 0 aromatic heterocycles. The van der Waals surface area contributed by atoms with Crippen LogP contribution in [0.4, 0.5) is 0 Å². The lowest BCUT2D eigenvalue weighted by Gasteiger charge is -2.17. The van der Waals surface area contributed by atoms with Crippen LogP contribution in [0.2, 0.25) is 0 Å². The molecule has 0 saturated heterocycles. The first-order chi connectivity index (χ1) is 7.61. The summed E-state index contributed by atoms with van der Waals surface area (Å²) in [6.45, 7) is 6.70. The van der Waals surface area contributed by atoms with Crippen LogP contribution >= 0.6 is 0 Å². The first-order valence-corrected chi connectivity index (χ1v) is 5.51. The van der Waals surface area contributed by atoms with Crippen molar-refractivity contribution < 1.29 is 9.59 Å². The third-order valence-electron chi connectivity index (χ3n) is 2.63. The SMILES string of the molecule is CCN(CC)C(=O)C(=O)c1ccccc1C. The summed E-state index contributed by atoms with van der Waals surface area (Å²) in [5.74, 6) is -0.832. The molecule has 1 aromatic carbocycles. The van der Waals surface area contributed by atoms with Gasteiger partial charge in [-0.2, -0.15) is 0 Å². The van der Waals surface area contributed by atoms with E-state index in [9.17, 15) is 9.59 Å². The first kappa shape index (κ1) is 12.4. The predicted octanol–water partition coefficient (Wildman–Crippen LogP) is 2.05. The van der Waals surface area contributed by atoms with E-state index >= 15 is 0 Å². The van der Waals surface area contributed by atoms with Gasteiger partial charge in [0, 0.05) is 18.7 Å². The van der Waals surface area contributed by atoms with Crippen molar-refractivity contribution in [2.45, 2.75) is 20.8 Å². The van der Waals surface area contributed by atoms with E-state index in [0.717, 1.165) is 5.56 Å². The predicted molar refractivity (Wildman–Crippen MR) is 63.4 cm³/mol. The van der Waals surface area contributed by atoms with Crippen LogP contribution in [0.15, 0.2) is 24.3 Å². The van der Waals surface area contributed by atoms with Crippen LogP contribution in [0, 0.1) is 6.92 Å². The molecule has 0 fully saturated rings. The number of benzene rings is 1. The average molecular weight is 219 g/mol. The molecule has 0 aliphatic carbocycles. The molecule has 86 valence electrons. The molecule has 1 amide bonds. The number of rotatable bonds is 4. The van der Waals surface area contributed by atoms with Gasteiger partial charge < -0.3 is 4.90 Å². The van der Waals surface area contributed by atoms with Crippen molar-refractivity contribution in [1.82, 2.24) is 4.90 Å². The van der Waals surface area contributed by atoms with E-state index in [0.29, 0.717) is 18.7 Å². The van der Waals surface area contributed by atoms with Crippen LogP contribution in [-0.4, -0.2) is 29.7 Å². The summed E-state index contributed by atoms with van der Waals surface area (Å²) in [7, 11) is 0. The van der Waals surface area contributed by atoms with Crippen molar-refractivity contribution in [3.05, 3.63) is 35.4 Å². The number of Topliss-reactive ketones (excluding diaryl/α,β-unsaturated/α-hetero) is 1. The zero-order valence-corrected chi connectivity index (χ0v) is 9.99. The minimum absolute atomic E-state index is 0.415. The molecule has 0 aliphatic rings. The van der Waals surface area contributed by atoms with Gasteiger partial charge in [0.15, 0.2) is 0 Å². The number of nitrogens with zero attached hydrogens (tertiary/aromatic N) is 1. The third kappa shape index (κ3) is 2.48. The number of aryl methyl sites for hydroxylation is 1. The lowest BCUT2D eigenvalue weighted by molar-refractivity contribution is -0.126. The Morgan fingerprint density at radius 3 is 2.19 bits per heavy atom. The molecule has 3 heteroatoms. The van der Waals surface area contributed by atoms with E-state index in [1.807, 2.05) is 32.9 Å². The number of carbonyl (C=O) groups excluding carboxylic acids is 2. The number of amides is 1. The molecule has 0 aliphatic heterocycles. The molecule has 1 aromatic rings. The quantitative estimate of drug-likeness (QED) is 0.574. The Balaban J connectivity index is 2.95. The highest BCUT2D eigenvalue weighted by Crippen LogP contribution is 2.09. The second-order valence-corrected chi connectivity index (χ2v) is 3.62. The molecule has 0 unspecified atom stereocenters. The molecule has 0 N–H and O–H groups in total. The summed E-state index contributed by atoms with van der Waals surface area (Å²) in [6.07, 6.45) is 0. The molecule has 0 radical (unpaired) electrons. The number of hydrogen-bond acceptors (Lipinski definition) is 2. The average Bonchev–Trinajstić information content (AvgIpc) is 2.30. The summed E-state index contributed by atoms with van der Waals surface area (Å²) in [5.41, 5.74) is 1.34. The lowest BCUT2D eigenvalue weighted by Crippen LogP contribution is -2.36. The van der Waals surface area contributed by atoms with Gasteiger partial charge in [-0.25, -0.2) is 0 Å². The molecule has 0 atom stereocenters. The molecule has 16 heavy (non-hydrogen) atoms. The maximum Gasteiger partial charge on any atom is 0.294 e. The Hall–Kier alpha value is -1.64. The van der Waals surface area contributed by atoms with Gasteiger partial charge in [-0.1, -0.05) is 24.3 Å². The van der Waals surface area contributed by atoms with Crippen LogP contribution < -0.4 is 0 Å². The van der Waals surface area contributed by atoms with Crippen LogP contribution in [0.3, 0.4) is 0 Å². The highest BCUT2D eigenvalue weighted by atomic mass is 16.2. The van der Waals surface area contributed by atoms with Gasteiger partial charge in [0.25, 0.3) is 11.7 Å². The van der Waals surface area contributed by atoms with Gasteiger partial charge in [-0.3, -0.25) is 9.59 Å². The Morgan fingerprint density at radius 1 is 1.12 bits per heavy atom. The number of carbonyl (C=O) groups is 2. The van der Waals surface area contributed by atoms with E-state index in [4.69, 9.17) is 0 Å². The van der Waals surface area contributed by atoms with Gasteiger partial charge in [-0.05, 0) is 26.3 Å². The van der Waals surface area contributed by atoms with Gasteiger partial charge >= 0.3 is 0 Å². The minimum atomic E-state index is -0.417. The van der Waals surface area contributed by atoms with E-state index in [2.05, 4.69) is 0 Å². The Labute approximate surface area is 96.1 Å². The van der Waals surface area contributed by atoms with Gasteiger partial charge in [0.1, 0.15) is 0 Å².